The first kappa shape index (κ1) is 21.6. The third kappa shape index (κ3) is 6.20. The molecule has 2 amide bonds. The summed E-state index contributed by atoms with van der Waals surface area (Å²) in [4.78, 5) is 26.8. The van der Waals surface area contributed by atoms with Gasteiger partial charge in [-0.15, -0.1) is 0 Å². The van der Waals surface area contributed by atoms with Crippen LogP contribution in [0.1, 0.15) is 43.6 Å². The van der Waals surface area contributed by atoms with Gasteiger partial charge >= 0.3 is 0 Å². The largest absolute Gasteiger partial charge is 0.341 e. The van der Waals surface area contributed by atoms with E-state index in [1.54, 1.807) is 36.1 Å². The molecule has 0 saturated carbocycles. The first-order valence-electron chi connectivity index (χ1n) is 9.45. The van der Waals surface area contributed by atoms with E-state index in [1.807, 2.05) is 26.2 Å². The molecule has 1 atom stereocenters. The zero-order chi connectivity index (χ0) is 20.9. The van der Waals surface area contributed by atoms with Crippen molar-refractivity contribution in [1.82, 2.24) is 20.0 Å². The molecule has 2 aromatic rings. The Labute approximate surface area is 167 Å². The Hall–Kier alpha value is -2.67. The maximum atomic E-state index is 12.4. The van der Waals surface area contributed by atoms with E-state index in [4.69, 9.17) is 0 Å². The van der Waals surface area contributed by atoms with Gasteiger partial charge in [-0.2, -0.15) is 5.10 Å². The Kier molecular flexibility index (Phi) is 6.96. The highest BCUT2D eigenvalue weighted by Gasteiger charge is 2.18. The third-order valence-electron chi connectivity index (χ3n) is 4.43. The number of likely N-dealkylation sites (N-methyl/N-ethyl adjacent to an activating group) is 1. The Morgan fingerprint density at radius 2 is 1.82 bits per heavy atom. The number of carbonyl (C=O) groups is 2. The van der Waals surface area contributed by atoms with Crippen LogP contribution in [0.3, 0.4) is 0 Å². The van der Waals surface area contributed by atoms with Gasteiger partial charge in [0.1, 0.15) is 6.04 Å². The molecule has 0 spiro atoms. The highest BCUT2D eigenvalue weighted by molar-refractivity contribution is 6.00. The quantitative estimate of drug-likeness (QED) is 0.768. The highest BCUT2D eigenvalue weighted by atomic mass is 16.2. The van der Waals surface area contributed by atoms with Crippen LogP contribution < -0.4 is 10.6 Å². The predicted molar refractivity (Wildman–Crippen MR) is 111 cm³/mol. The summed E-state index contributed by atoms with van der Waals surface area (Å²) in [7, 11) is 3.99. The van der Waals surface area contributed by atoms with Crippen LogP contribution in [0.2, 0.25) is 0 Å². The summed E-state index contributed by atoms with van der Waals surface area (Å²) in [6.45, 7) is 9.62. The van der Waals surface area contributed by atoms with Crippen LogP contribution in [0.5, 0.6) is 0 Å². The SMILES string of the molecule is CC(NC(=O)c1ccc(C(C)(C)C)cc1)C(=O)Nc1cnn(CCN(C)C)c1. The minimum Gasteiger partial charge on any atom is -0.341 e. The summed E-state index contributed by atoms with van der Waals surface area (Å²) < 4.78 is 1.77. The number of nitrogens with one attached hydrogen (secondary N) is 2. The molecule has 1 unspecified atom stereocenters. The van der Waals surface area contributed by atoms with Crippen molar-refractivity contribution in [2.24, 2.45) is 0 Å². The molecule has 7 nitrogen and oxygen atoms in total. The minimum absolute atomic E-state index is 0.0270. The topological polar surface area (TPSA) is 79.3 Å². The lowest BCUT2D eigenvalue weighted by atomic mass is 9.86. The number of amides is 2. The fourth-order valence-corrected chi connectivity index (χ4v) is 2.57. The Morgan fingerprint density at radius 1 is 1.18 bits per heavy atom. The molecule has 0 bridgehead atoms. The van der Waals surface area contributed by atoms with Crippen molar-refractivity contribution in [3.8, 4) is 0 Å². The van der Waals surface area contributed by atoms with Crippen LogP contribution >= 0.6 is 0 Å². The van der Waals surface area contributed by atoms with Crippen LogP contribution in [0.25, 0.3) is 0 Å². The monoisotopic (exact) mass is 385 g/mol. The van der Waals surface area contributed by atoms with Gasteiger partial charge in [0.05, 0.1) is 18.4 Å². The Balaban J connectivity index is 1.90. The Morgan fingerprint density at radius 3 is 2.39 bits per heavy atom. The number of aromatic nitrogens is 2. The molecule has 0 aliphatic heterocycles. The summed E-state index contributed by atoms with van der Waals surface area (Å²) in [5, 5.41) is 9.75. The van der Waals surface area contributed by atoms with Crippen LogP contribution in [0.4, 0.5) is 5.69 Å². The molecule has 0 aliphatic rings. The van der Waals surface area contributed by atoms with E-state index in [0.717, 1.165) is 18.7 Å². The summed E-state index contributed by atoms with van der Waals surface area (Å²) in [6, 6.07) is 6.80. The van der Waals surface area contributed by atoms with Gasteiger partial charge in [-0.1, -0.05) is 32.9 Å². The van der Waals surface area contributed by atoms with Crippen molar-refractivity contribution in [3.05, 3.63) is 47.8 Å². The predicted octanol–water partition coefficient (Wildman–Crippen LogP) is 2.50. The second-order valence-corrected chi connectivity index (χ2v) is 8.31. The molecule has 0 saturated heterocycles. The molecular weight excluding hydrogens is 354 g/mol. The van der Waals surface area contributed by atoms with Gasteiger partial charge in [-0.25, -0.2) is 0 Å². The van der Waals surface area contributed by atoms with Crippen molar-refractivity contribution < 1.29 is 9.59 Å². The van der Waals surface area contributed by atoms with Gasteiger partial charge in [-0.3, -0.25) is 14.3 Å². The molecule has 152 valence electrons. The number of anilines is 1. The molecule has 28 heavy (non-hydrogen) atoms. The maximum Gasteiger partial charge on any atom is 0.251 e. The molecule has 0 fully saturated rings. The van der Waals surface area contributed by atoms with Crippen molar-refractivity contribution >= 4 is 17.5 Å². The maximum absolute atomic E-state index is 12.4. The molecule has 0 radical (unpaired) electrons. The summed E-state index contributed by atoms with van der Waals surface area (Å²) in [5.74, 6) is -0.559. The van der Waals surface area contributed by atoms with Crippen LogP contribution in [0, 0.1) is 0 Å². The van der Waals surface area contributed by atoms with E-state index in [-0.39, 0.29) is 17.2 Å². The second kappa shape index (κ2) is 9.01. The van der Waals surface area contributed by atoms with Gasteiger partial charge in [-0.05, 0) is 44.1 Å². The van der Waals surface area contributed by atoms with Gasteiger partial charge in [0.15, 0.2) is 0 Å². The first-order chi connectivity index (χ1) is 13.1. The Bertz CT molecular complexity index is 803. The lowest BCUT2D eigenvalue weighted by molar-refractivity contribution is -0.117. The zero-order valence-corrected chi connectivity index (χ0v) is 17.6. The number of carbonyl (C=O) groups excluding carboxylic acids is 2. The van der Waals surface area contributed by atoms with Crippen molar-refractivity contribution in [2.45, 2.75) is 45.7 Å². The van der Waals surface area contributed by atoms with Crippen LogP contribution in [0.15, 0.2) is 36.7 Å². The van der Waals surface area contributed by atoms with Crippen LogP contribution in [-0.4, -0.2) is 53.2 Å². The molecule has 7 heteroatoms. The molecule has 0 aliphatic carbocycles. The van der Waals surface area contributed by atoms with Gasteiger partial charge < -0.3 is 15.5 Å². The average molecular weight is 386 g/mol. The van der Waals surface area contributed by atoms with Gasteiger partial charge in [0.2, 0.25) is 5.91 Å². The van der Waals surface area contributed by atoms with E-state index in [0.29, 0.717) is 11.3 Å². The first-order valence-corrected chi connectivity index (χ1v) is 9.45. The number of rotatable bonds is 7. The third-order valence-corrected chi connectivity index (χ3v) is 4.43. The van der Waals surface area contributed by atoms with E-state index < -0.39 is 6.04 Å². The molecule has 2 N–H and O–H groups in total. The standard InChI is InChI=1S/C21H31N5O2/c1-15(19(27)24-18-13-22-26(14-18)12-11-25(5)6)23-20(28)16-7-9-17(10-8-16)21(2,3)4/h7-10,13-15H,11-12H2,1-6H3,(H,23,28)(H,24,27). The summed E-state index contributed by atoms with van der Waals surface area (Å²) in [6.07, 6.45) is 3.38. The average Bonchev–Trinajstić information content (AvgIpc) is 3.06. The van der Waals surface area contributed by atoms with E-state index in [2.05, 4.69) is 41.4 Å². The van der Waals surface area contributed by atoms with E-state index in [1.165, 1.54) is 0 Å². The van der Waals surface area contributed by atoms with Crippen molar-refractivity contribution in [3.63, 3.8) is 0 Å². The fourth-order valence-electron chi connectivity index (χ4n) is 2.57. The van der Waals surface area contributed by atoms with Gasteiger partial charge in [0.25, 0.3) is 5.91 Å². The number of benzene rings is 1. The second-order valence-electron chi connectivity index (χ2n) is 8.31. The van der Waals surface area contributed by atoms with E-state index in [9.17, 15) is 9.59 Å². The molecule has 1 aromatic carbocycles. The van der Waals surface area contributed by atoms with Crippen LogP contribution in [-0.2, 0) is 16.8 Å². The van der Waals surface area contributed by atoms with Crippen molar-refractivity contribution in [1.29, 1.82) is 0 Å². The molecular formula is C21H31N5O2. The highest BCUT2D eigenvalue weighted by Crippen LogP contribution is 2.22. The molecule has 1 aromatic heterocycles. The fraction of sp³-hybridized carbons (Fsp3) is 0.476. The lowest BCUT2D eigenvalue weighted by Gasteiger charge is -2.19. The number of hydrogen-bond donors (Lipinski definition) is 2. The smallest absolute Gasteiger partial charge is 0.251 e. The molecule has 1 heterocycles. The summed E-state index contributed by atoms with van der Waals surface area (Å²) in [5.41, 5.74) is 2.32. The van der Waals surface area contributed by atoms with E-state index >= 15 is 0 Å². The lowest BCUT2D eigenvalue weighted by Crippen LogP contribution is -2.41. The summed E-state index contributed by atoms with van der Waals surface area (Å²) >= 11 is 0. The van der Waals surface area contributed by atoms with Gasteiger partial charge in [0, 0.05) is 18.3 Å². The molecule has 2 rings (SSSR count). The minimum atomic E-state index is -0.667. The number of hydrogen-bond acceptors (Lipinski definition) is 4. The number of nitrogens with zero attached hydrogens (tertiary/aromatic N) is 3. The van der Waals surface area contributed by atoms with Crippen molar-refractivity contribution in [2.75, 3.05) is 26.0 Å². The normalized spacial score (nSPS) is 12.7. The zero-order valence-electron chi connectivity index (χ0n) is 17.6.